The lowest BCUT2D eigenvalue weighted by molar-refractivity contribution is 0.149. The van der Waals surface area contributed by atoms with Crippen molar-refractivity contribution in [2.45, 2.75) is 26.3 Å². The van der Waals surface area contributed by atoms with Crippen molar-refractivity contribution >= 4 is 0 Å². The summed E-state index contributed by atoms with van der Waals surface area (Å²) in [6.07, 6.45) is 4.64. The van der Waals surface area contributed by atoms with Crippen molar-refractivity contribution in [3.8, 4) is 0 Å². The van der Waals surface area contributed by atoms with E-state index in [0.29, 0.717) is 5.92 Å². The number of nitrogens with zero attached hydrogens (tertiary/aromatic N) is 1. The molecule has 2 unspecified atom stereocenters. The van der Waals surface area contributed by atoms with Gasteiger partial charge in [-0.2, -0.15) is 0 Å². The maximum Gasteiger partial charge on any atom is 0.0488 e. The summed E-state index contributed by atoms with van der Waals surface area (Å²) in [6, 6.07) is 2.24. The Labute approximate surface area is 97.2 Å². The van der Waals surface area contributed by atoms with Crippen molar-refractivity contribution in [1.82, 2.24) is 10.4 Å². The van der Waals surface area contributed by atoms with Crippen molar-refractivity contribution in [2.24, 2.45) is 11.8 Å². The molecule has 0 aromatic carbocycles. The van der Waals surface area contributed by atoms with Gasteiger partial charge in [0, 0.05) is 32.2 Å². The summed E-state index contributed by atoms with van der Waals surface area (Å²) in [7, 11) is 1.72. The van der Waals surface area contributed by atoms with Gasteiger partial charge in [0.25, 0.3) is 0 Å². The number of nitrogens with two attached hydrogens (primary N) is 1. The predicted molar refractivity (Wildman–Crippen MR) is 64.7 cm³/mol. The first-order valence-corrected chi connectivity index (χ1v) is 5.54. The number of aromatic nitrogens is 1. The van der Waals surface area contributed by atoms with Gasteiger partial charge in [-0.05, 0) is 30.4 Å². The van der Waals surface area contributed by atoms with Crippen LogP contribution in [0.25, 0.3) is 0 Å². The van der Waals surface area contributed by atoms with Gasteiger partial charge >= 0.3 is 0 Å². The molecule has 0 radical (unpaired) electrons. The van der Waals surface area contributed by atoms with Gasteiger partial charge in [0.05, 0.1) is 0 Å². The summed E-state index contributed by atoms with van der Waals surface area (Å²) >= 11 is 0. The van der Waals surface area contributed by atoms with Crippen LogP contribution in [-0.4, -0.2) is 18.7 Å². The zero-order valence-corrected chi connectivity index (χ0v) is 10.2. The van der Waals surface area contributed by atoms with Crippen LogP contribution in [0.15, 0.2) is 18.5 Å². The Morgan fingerprint density at radius 3 is 2.81 bits per heavy atom. The molecule has 0 fully saturated rings. The van der Waals surface area contributed by atoms with E-state index in [1.165, 1.54) is 0 Å². The van der Waals surface area contributed by atoms with Gasteiger partial charge in [-0.3, -0.25) is 16.3 Å². The Morgan fingerprint density at radius 2 is 2.25 bits per heavy atom. The number of hydrazine groups is 1. The molecule has 16 heavy (non-hydrogen) atoms. The van der Waals surface area contributed by atoms with Crippen LogP contribution in [0, 0.1) is 12.8 Å². The van der Waals surface area contributed by atoms with Crippen molar-refractivity contribution in [3.63, 3.8) is 0 Å². The monoisotopic (exact) mass is 223 g/mol. The number of methoxy groups -OCH3 is 1. The van der Waals surface area contributed by atoms with Gasteiger partial charge in [-0.25, -0.2) is 0 Å². The second-order valence-electron chi connectivity index (χ2n) is 4.31. The minimum atomic E-state index is 0.137. The van der Waals surface area contributed by atoms with Crippen LogP contribution >= 0.6 is 0 Å². The summed E-state index contributed by atoms with van der Waals surface area (Å²) in [4.78, 5) is 4.18. The van der Waals surface area contributed by atoms with Gasteiger partial charge in [0.1, 0.15) is 0 Å². The molecule has 0 saturated heterocycles. The van der Waals surface area contributed by atoms with Gasteiger partial charge in [-0.1, -0.05) is 13.0 Å². The standard InChI is InChI=1S/C12H21N3O/c1-9-4-11(7-14-6-9)12(15-13)5-10(2)8-16-3/h4,6-7,10,12,15H,5,8,13H2,1-3H3. The number of hydrogen-bond donors (Lipinski definition) is 2. The zero-order valence-electron chi connectivity index (χ0n) is 10.2. The topological polar surface area (TPSA) is 60.2 Å². The minimum absolute atomic E-state index is 0.137. The summed E-state index contributed by atoms with van der Waals surface area (Å²) in [5.74, 6) is 6.05. The maximum absolute atomic E-state index is 5.58. The largest absolute Gasteiger partial charge is 0.384 e. The number of hydrogen-bond acceptors (Lipinski definition) is 4. The molecule has 4 nitrogen and oxygen atoms in total. The lowest BCUT2D eigenvalue weighted by atomic mass is 9.97. The highest BCUT2D eigenvalue weighted by atomic mass is 16.5. The third-order valence-corrected chi connectivity index (χ3v) is 2.59. The molecule has 90 valence electrons. The summed E-state index contributed by atoms with van der Waals surface area (Å²) in [6.45, 7) is 4.93. The highest BCUT2D eigenvalue weighted by Gasteiger charge is 2.14. The molecule has 0 amide bonds. The first-order chi connectivity index (χ1) is 7.67. The molecule has 0 saturated carbocycles. The van der Waals surface area contributed by atoms with E-state index in [1.54, 1.807) is 7.11 Å². The SMILES string of the molecule is COCC(C)CC(NN)c1cncc(C)c1. The van der Waals surface area contributed by atoms with Gasteiger partial charge < -0.3 is 4.74 Å². The normalized spacial score (nSPS) is 14.8. The maximum atomic E-state index is 5.58. The number of rotatable bonds is 6. The van der Waals surface area contributed by atoms with E-state index in [0.717, 1.165) is 24.2 Å². The molecule has 1 aromatic rings. The van der Waals surface area contributed by atoms with E-state index in [-0.39, 0.29) is 6.04 Å². The highest BCUT2D eigenvalue weighted by Crippen LogP contribution is 2.20. The first-order valence-electron chi connectivity index (χ1n) is 5.54. The van der Waals surface area contributed by atoms with Crippen molar-refractivity contribution in [3.05, 3.63) is 29.6 Å². The molecule has 2 atom stereocenters. The molecule has 0 spiro atoms. The summed E-state index contributed by atoms with van der Waals surface area (Å²) in [5.41, 5.74) is 5.12. The molecule has 0 bridgehead atoms. The second-order valence-corrected chi connectivity index (χ2v) is 4.31. The Balaban J connectivity index is 2.67. The molecule has 0 aliphatic carbocycles. The Hall–Kier alpha value is -0.970. The van der Waals surface area contributed by atoms with Crippen LogP contribution in [0.2, 0.25) is 0 Å². The zero-order chi connectivity index (χ0) is 12.0. The molecule has 0 aliphatic heterocycles. The molecular formula is C12H21N3O. The van der Waals surface area contributed by atoms with E-state index in [1.807, 2.05) is 19.3 Å². The second kappa shape index (κ2) is 6.58. The van der Waals surface area contributed by atoms with Gasteiger partial charge in [-0.15, -0.1) is 0 Å². The Morgan fingerprint density at radius 1 is 1.50 bits per heavy atom. The Bertz CT molecular complexity index is 317. The fourth-order valence-electron chi connectivity index (χ4n) is 1.82. The minimum Gasteiger partial charge on any atom is -0.384 e. The number of pyridine rings is 1. The fourth-order valence-corrected chi connectivity index (χ4v) is 1.82. The van der Waals surface area contributed by atoms with Crippen LogP contribution < -0.4 is 11.3 Å². The van der Waals surface area contributed by atoms with E-state index < -0.39 is 0 Å². The summed E-state index contributed by atoms with van der Waals surface area (Å²) in [5, 5.41) is 0. The molecule has 1 aromatic heterocycles. The van der Waals surface area contributed by atoms with Crippen molar-refractivity contribution in [1.29, 1.82) is 0 Å². The lowest BCUT2D eigenvalue weighted by Gasteiger charge is -2.20. The third kappa shape index (κ3) is 3.89. The molecule has 3 N–H and O–H groups in total. The van der Waals surface area contributed by atoms with Crippen LogP contribution in [0.3, 0.4) is 0 Å². The molecular weight excluding hydrogens is 202 g/mol. The van der Waals surface area contributed by atoms with Crippen molar-refractivity contribution < 1.29 is 4.74 Å². The average Bonchev–Trinajstić information content (AvgIpc) is 2.26. The number of ether oxygens (including phenoxy) is 1. The van der Waals surface area contributed by atoms with E-state index in [2.05, 4.69) is 23.4 Å². The average molecular weight is 223 g/mol. The molecule has 0 aliphatic rings. The number of nitrogens with one attached hydrogen (secondary N) is 1. The third-order valence-electron chi connectivity index (χ3n) is 2.59. The van der Waals surface area contributed by atoms with Crippen LogP contribution in [0.5, 0.6) is 0 Å². The van der Waals surface area contributed by atoms with Crippen LogP contribution in [0.1, 0.15) is 30.5 Å². The van der Waals surface area contributed by atoms with Gasteiger partial charge in [0.15, 0.2) is 0 Å². The molecule has 1 rings (SSSR count). The summed E-state index contributed by atoms with van der Waals surface area (Å²) < 4.78 is 5.12. The number of aryl methyl sites for hydroxylation is 1. The Kier molecular flexibility index (Phi) is 5.38. The van der Waals surface area contributed by atoms with Crippen LogP contribution in [-0.2, 0) is 4.74 Å². The van der Waals surface area contributed by atoms with E-state index in [4.69, 9.17) is 10.6 Å². The lowest BCUT2D eigenvalue weighted by Crippen LogP contribution is -2.30. The quantitative estimate of drug-likeness (QED) is 0.567. The van der Waals surface area contributed by atoms with Crippen LogP contribution in [0.4, 0.5) is 0 Å². The van der Waals surface area contributed by atoms with E-state index >= 15 is 0 Å². The molecule has 1 heterocycles. The first kappa shape index (κ1) is 13.1. The highest BCUT2D eigenvalue weighted by molar-refractivity contribution is 5.20. The predicted octanol–water partition coefficient (Wildman–Crippen LogP) is 1.57. The van der Waals surface area contributed by atoms with E-state index in [9.17, 15) is 0 Å². The van der Waals surface area contributed by atoms with Gasteiger partial charge in [0.2, 0.25) is 0 Å². The van der Waals surface area contributed by atoms with Crippen molar-refractivity contribution in [2.75, 3.05) is 13.7 Å². The fraction of sp³-hybridized carbons (Fsp3) is 0.583. The smallest absolute Gasteiger partial charge is 0.0488 e. The molecule has 4 heteroatoms.